The zero-order chi connectivity index (χ0) is 19.4. The van der Waals surface area contributed by atoms with Crippen LogP contribution in [0.15, 0.2) is 60.8 Å². The van der Waals surface area contributed by atoms with Crippen LogP contribution in [-0.4, -0.2) is 15.9 Å². The van der Waals surface area contributed by atoms with E-state index in [0.29, 0.717) is 5.69 Å². The van der Waals surface area contributed by atoms with E-state index in [9.17, 15) is 23.1 Å². The molecule has 1 heterocycles. The normalized spacial score (nSPS) is 11.1. The highest BCUT2D eigenvalue weighted by molar-refractivity contribution is 5.86. The van der Waals surface area contributed by atoms with E-state index in [1.54, 1.807) is 0 Å². The summed E-state index contributed by atoms with van der Waals surface area (Å²) in [6.07, 6.45) is -3.12. The van der Waals surface area contributed by atoms with Gasteiger partial charge in [-0.2, -0.15) is 18.2 Å². The number of nitrogens with zero attached hydrogens (tertiary/aromatic N) is 2. The lowest BCUT2D eigenvalue weighted by Gasteiger charge is -2.14. The smallest absolute Gasteiger partial charge is 0.418 e. The number of aromatic carboxylic acids is 1. The molecule has 2 N–H and O–H groups in total. The summed E-state index contributed by atoms with van der Waals surface area (Å²) >= 11 is 0. The second kappa shape index (κ2) is 7.32. The highest BCUT2D eigenvalue weighted by atomic mass is 19.4. The molecule has 0 fully saturated rings. The summed E-state index contributed by atoms with van der Waals surface area (Å²) in [6.45, 7) is 0. The Morgan fingerprint density at radius 1 is 0.963 bits per heavy atom. The van der Waals surface area contributed by atoms with Gasteiger partial charge in [0, 0.05) is 11.9 Å². The maximum Gasteiger partial charge on any atom is 0.418 e. The number of rotatable bonds is 5. The molecule has 0 saturated carbocycles. The minimum atomic E-state index is -4.50. The predicted molar refractivity (Wildman–Crippen MR) is 90.8 cm³/mol. The van der Waals surface area contributed by atoms with Gasteiger partial charge >= 0.3 is 6.18 Å². The quantitative estimate of drug-likeness (QED) is 0.713. The number of hydrogen-bond donors (Lipinski definition) is 2. The third-order valence-electron chi connectivity index (χ3n) is 3.53. The Morgan fingerprint density at radius 2 is 1.67 bits per heavy atom. The molecule has 0 radical (unpaired) electrons. The van der Waals surface area contributed by atoms with Crippen LogP contribution in [0.25, 0.3) is 0 Å². The number of hydrogen-bond acceptors (Lipinski definition) is 6. The van der Waals surface area contributed by atoms with Crippen molar-refractivity contribution >= 4 is 29.1 Å². The Balaban J connectivity index is 1.79. The van der Waals surface area contributed by atoms with E-state index in [0.717, 1.165) is 6.07 Å². The third kappa shape index (κ3) is 4.51. The Bertz CT molecular complexity index is 959. The molecule has 0 spiro atoms. The van der Waals surface area contributed by atoms with Crippen molar-refractivity contribution in [2.45, 2.75) is 6.18 Å². The van der Waals surface area contributed by atoms with Gasteiger partial charge in [0.15, 0.2) is 0 Å². The van der Waals surface area contributed by atoms with Crippen LogP contribution in [0.5, 0.6) is 0 Å². The summed E-state index contributed by atoms with van der Waals surface area (Å²) in [6, 6.07) is 12.2. The summed E-state index contributed by atoms with van der Waals surface area (Å²) in [5, 5.41) is 16.2. The van der Waals surface area contributed by atoms with E-state index in [1.807, 2.05) is 0 Å². The molecule has 3 aromatic rings. The zero-order valence-electron chi connectivity index (χ0n) is 13.6. The van der Waals surface area contributed by atoms with Gasteiger partial charge in [0.25, 0.3) is 0 Å². The summed E-state index contributed by atoms with van der Waals surface area (Å²) in [5.41, 5.74) is -0.419. The van der Waals surface area contributed by atoms with Gasteiger partial charge in [-0.25, -0.2) is 4.98 Å². The van der Waals surface area contributed by atoms with Crippen molar-refractivity contribution in [3.8, 4) is 0 Å². The van der Waals surface area contributed by atoms with Crippen LogP contribution in [0.3, 0.4) is 0 Å². The molecule has 1 aromatic heterocycles. The van der Waals surface area contributed by atoms with Gasteiger partial charge in [-0.1, -0.05) is 24.3 Å². The fraction of sp³-hybridized carbons (Fsp3) is 0.0556. The van der Waals surface area contributed by atoms with Crippen LogP contribution in [0.4, 0.5) is 36.3 Å². The molecular weight excluding hydrogens is 361 g/mol. The molecule has 6 nitrogen and oxygen atoms in total. The third-order valence-corrected chi connectivity index (χ3v) is 3.53. The molecule has 27 heavy (non-hydrogen) atoms. The van der Waals surface area contributed by atoms with E-state index < -0.39 is 17.7 Å². The van der Waals surface area contributed by atoms with Crippen LogP contribution in [-0.2, 0) is 6.18 Å². The van der Waals surface area contributed by atoms with Crippen molar-refractivity contribution in [2.24, 2.45) is 0 Å². The van der Waals surface area contributed by atoms with Crippen LogP contribution in [0.2, 0.25) is 0 Å². The molecule has 0 unspecified atom stereocenters. The molecular formula is C18H12F3N4O2-. The molecule has 0 atom stereocenters. The second-order valence-corrected chi connectivity index (χ2v) is 5.42. The summed E-state index contributed by atoms with van der Waals surface area (Å²) < 4.78 is 39.2. The molecule has 0 saturated heterocycles. The first-order valence-corrected chi connectivity index (χ1v) is 7.67. The lowest BCUT2D eigenvalue weighted by molar-refractivity contribution is -0.255. The van der Waals surface area contributed by atoms with E-state index >= 15 is 0 Å². The maximum atomic E-state index is 13.1. The van der Waals surface area contributed by atoms with Crippen molar-refractivity contribution in [2.75, 3.05) is 10.6 Å². The topological polar surface area (TPSA) is 90.0 Å². The summed E-state index contributed by atoms with van der Waals surface area (Å²) in [7, 11) is 0. The van der Waals surface area contributed by atoms with Crippen molar-refractivity contribution in [3.63, 3.8) is 0 Å². The minimum absolute atomic E-state index is 0.0145. The highest BCUT2D eigenvalue weighted by Gasteiger charge is 2.33. The Hall–Kier alpha value is -3.62. The van der Waals surface area contributed by atoms with Gasteiger partial charge in [-0.15, -0.1) is 0 Å². The van der Waals surface area contributed by atoms with Gasteiger partial charge in [0.1, 0.15) is 5.82 Å². The predicted octanol–water partition coefficient (Wildman–Crippen LogP) is 3.35. The van der Waals surface area contributed by atoms with Crippen LogP contribution in [0, 0.1) is 0 Å². The minimum Gasteiger partial charge on any atom is -0.545 e. The molecule has 138 valence electrons. The fourth-order valence-electron chi connectivity index (χ4n) is 2.28. The van der Waals surface area contributed by atoms with Gasteiger partial charge in [0.2, 0.25) is 5.95 Å². The first-order chi connectivity index (χ1) is 12.8. The molecule has 0 aliphatic carbocycles. The van der Waals surface area contributed by atoms with Crippen LogP contribution < -0.4 is 15.7 Å². The zero-order valence-corrected chi connectivity index (χ0v) is 13.6. The molecule has 0 bridgehead atoms. The lowest BCUT2D eigenvalue weighted by Crippen LogP contribution is -2.21. The van der Waals surface area contributed by atoms with Crippen molar-refractivity contribution in [1.82, 2.24) is 9.97 Å². The van der Waals surface area contributed by atoms with E-state index in [4.69, 9.17) is 0 Å². The molecule has 0 aliphatic heterocycles. The van der Waals surface area contributed by atoms with Crippen molar-refractivity contribution < 1.29 is 23.1 Å². The number of anilines is 4. The first kappa shape index (κ1) is 18.2. The van der Waals surface area contributed by atoms with Crippen LogP contribution in [0.1, 0.15) is 15.9 Å². The van der Waals surface area contributed by atoms with Gasteiger partial charge in [-0.3, -0.25) is 0 Å². The van der Waals surface area contributed by atoms with Gasteiger partial charge < -0.3 is 20.5 Å². The van der Waals surface area contributed by atoms with Crippen molar-refractivity contribution in [3.05, 3.63) is 71.9 Å². The standard InChI is InChI=1S/C18H13F3N4O2/c19-18(20,21)13-3-1-2-4-14(13)24-15-9-10-22-17(25-15)23-12-7-5-11(6-8-12)16(26)27/h1-10H,(H,26,27)(H2,22,23,24,25)/p-1. The Kier molecular flexibility index (Phi) is 4.93. The number of carboxylic acid groups (broad SMARTS) is 1. The number of para-hydroxylation sites is 1. The Morgan fingerprint density at radius 3 is 2.33 bits per heavy atom. The SMILES string of the molecule is O=C([O-])c1ccc(Nc2nccc(Nc3ccccc3C(F)(F)F)n2)cc1. The molecule has 0 aliphatic rings. The Labute approximate surface area is 151 Å². The summed E-state index contributed by atoms with van der Waals surface area (Å²) in [4.78, 5) is 18.8. The number of halogens is 3. The van der Waals surface area contributed by atoms with Gasteiger partial charge in [-0.05, 0) is 35.9 Å². The number of benzene rings is 2. The van der Waals surface area contributed by atoms with Crippen molar-refractivity contribution in [1.29, 1.82) is 0 Å². The second-order valence-electron chi connectivity index (χ2n) is 5.42. The molecule has 0 amide bonds. The average Bonchev–Trinajstić information content (AvgIpc) is 2.62. The average molecular weight is 373 g/mol. The molecule has 3 rings (SSSR count). The lowest BCUT2D eigenvalue weighted by atomic mass is 10.1. The monoisotopic (exact) mass is 373 g/mol. The van der Waals surface area contributed by atoms with E-state index in [2.05, 4.69) is 20.6 Å². The number of carboxylic acids is 1. The molecule has 2 aromatic carbocycles. The first-order valence-electron chi connectivity index (χ1n) is 7.67. The highest BCUT2D eigenvalue weighted by Crippen LogP contribution is 2.35. The van der Waals surface area contributed by atoms with E-state index in [-0.39, 0.29) is 23.0 Å². The fourth-order valence-corrected chi connectivity index (χ4v) is 2.28. The van der Waals surface area contributed by atoms with E-state index in [1.165, 1.54) is 54.7 Å². The number of carbonyl (C=O) groups is 1. The molecule has 9 heteroatoms. The summed E-state index contributed by atoms with van der Waals surface area (Å²) in [5.74, 6) is -1.01. The van der Waals surface area contributed by atoms with Gasteiger partial charge in [0.05, 0.1) is 17.2 Å². The number of carbonyl (C=O) groups excluding carboxylic acids is 1. The van der Waals surface area contributed by atoms with Crippen LogP contribution >= 0.6 is 0 Å². The number of alkyl halides is 3. The maximum absolute atomic E-state index is 13.1. The number of aromatic nitrogens is 2. The number of nitrogens with one attached hydrogen (secondary N) is 2. The largest absolute Gasteiger partial charge is 0.545 e.